The van der Waals surface area contributed by atoms with E-state index in [1.807, 2.05) is 0 Å². The maximum atomic E-state index is 12.8. The maximum absolute atomic E-state index is 12.8. The van der Waals surface area contributed by atoms with Gasteiger partial charge in [0.15, 0.2) is 6.10 Å². The predicted octanol–water partition coefficient (Wildman–Crippen LogP) is 13.8. The van der Waals surface area contributed by atoms with Crippen LogP contribution in [0.15, 0.2) is 0 Å². The molecule has 51 heavy (non-hydrogen) atoms. The van der Waals surface area contributed by atoms with E-state index in [9.17, 15) is 14.4 Å². The number of hydrogen-bond acceptors (Lipinski definition) is 6. The minimum absolute atomic E-state index is 0.0671. The molecule has 0 aromatic carbocycles. The fourth-order valence-electron chi connectivity index (χ4n) is 7.26. The Kier molecular flexibility index (Phi) is 37.0. The van der Waals surface area contributed by atoms with Crippen molar-refractivity contribution in [2.45, 2.75) is 246 Å². The maximum Gasteiger partial charge on any atom is 0.306 e. The van der Waals surface area contributed by atoms with Crippen LogP contribution in [0.25, 0.3) is 0 Å². The fraction of sp³-hybridized carbons (Fsp3) is 0.933. The van der Waals surface area contributed by atoms with Crippen LogP contribution in [-0.2, 0) is 28.6 Å². The van der Waals surface area contributed by atoms with Crippen molar-refractivity contribution in [2.24, 2.45) is 11.8 Å². The number of ether oxygens (including phenoxy) is 3. The molecule has 6 nitrogen and oxygen atoms in total. The molecule has 0 aliphatic carbocycles. The van der Waals surface area contributed by atoms with Gasteiger partial charge in [0, 0.05) is 19.3 Å². The first kappa shape index (κ1) is 49.4. The lowest BCUT2D eigenvalue weighted by Gasteiger charge is -2.19. The molecule has 0 saturated heterocycles. The lowest BCUT2D eigenvalue weighted by molar-refractivity contribution is -0.167. The molecule has 0 amide bonds. The number of rotatable bonds is 39. The third kappa shape index (κ3) is 34.0. The summed E-state index contributed by atoms with van der Waals surface area (Å²) in [5, 5.41) is 0. The van der Waals surface area contributed by atoms with Crippen molar-refractivity contribution in [3.63, 3.8) is 0 Å². The second-order valence-electron chi connectivity index (χ2n) is 15.6. The lowest BCUT2D eigenvalue weighted by Crippen LogP contribution is -2.30. The zero-order valence-corrected chi connectivity index (χ0v) is 34.7. The quantitative estimate of drug-likeness (QED) is 0.0357. The Morgan fingerprint density at radius 2 is 0.667 bits per heavy atom. The molecule has 3 atom stereocenters. The molecule has 0 rings (SSSR count). The molecule has 0 fully saturated rings. The molecule has 0 bridgehead atoms. The van der Waals surface area contributed by atoms with Crippen LogP contribution in [0.1, 0.15) is 240 Å². The monoisotopic (exact) mass is 723 g/mol. The second-order valence-corrected chi connectivity index (χ2v) is 15.6. The van der Waals surface area contributed by atoms with Crippen molar-refractivity contribution < 1.29 is 28.6 Å². The number of unbranched alkanes of at least 4 members (excludes halogenated alkanes) is 16. The topological polar surface area (TPSA) is 78.9 Å². The summed E-state index contributed by atoms with van der Waals surface area (Å²) in [4.78, 5) is 38.0. The third-order valence-electron chi connectivity index (χ3n) is 10.5. The van der Waals surface area contributed by atoms with Crippen molar-refractivity contribution >= 4 is 17.9 Å². The summed E-state index contributed by atoms with van der Waals surface area (Å²) in [7, 11) is 0. The average molecular weight is 723 g/mol. The molecular weight excluding hydrogens is 636 g/mol. The lowest BCUT2D eigenvalue weighted by atomic mass is 9.91. The highest BCUT2D eigenvalue weighted by molar-refractivity contribution is 5.71. The first-order valence-corrected chi connectivity index (χ1v) is 22.4. The Morgan fingerprint density at radius 3 is 1.06 bits per heavy atom. The van der Waals surface area contributed by atoms with Crippen LogP contribution in [0.2, 0.25) is 0 Å². The molecule has 0 N–H and O–H groups in total. The highest BCUT2D eigenvalue weighted by Gasteiger charge is 2.20. The number of hydrogen-bond donors (Lipinski definition) is 0. The molecule has 0 aromatic rings. The van der Waals surface area contributed by atoms with E-state index in [1.54, 1.807) is 0 Å². The van der Waals surface area contributed by atoms with E-state index >= 15 is 0 Å². The third-order valence-corrected chi connectivity index (χ3v) is 10.5. The van der Waals surface area contributed by atoms with Gasteiger partial charge in [0.1, 0.15) is 13.2 Å². The Bertz CT molecular complexity index is 783. The van der Waals surface area contributed by atoms with E-state index in [-0.39, 0.29) is 31.1 Å². The molecule has 0 aliphatic heterocycles. The van der Waals surface area contributed by atoms with Gasteiger partial charge in [-0.15, -0.1) is 0 Å². The van der Waals surface area contributed by atoms with Gasteiger partial charge in [-0.1, -0.05) is 202 Å². The second kappa shape index (κ2) is 38.1. The molecule has 0 aromatic heterocycles. The minimum atomic E-state index is -0.767. The Balaban J connectivity index is 4.73. The number of carbonyl (C=O) groups is 3. The van der Waals surface area contributed by atoms with Gasteiger partial charge in [0.05, 0.1) is 0 Å². The first-order valence-electron chi connectivity index (χ1n) is 22.4. The summed E-state index contributed by atoms with van der Waals surface area (Å²) in [5.74, 6) is 0.640. The van der Waals surface area contributed by atoms with Gasteiger partial charge < -0.3 is 14.2 Å². The van der Waals surface area contributed by atoms with Crippen LogP contribution >= 0.6 is 0 Å². The van der Waals surface area contributed by atoms with Crippen LogP contribution in [0.3, 0.4) is 0 Å². The first-order chi connectivity index (χ1) is 24.9. The fourth-order valence-corrected chi connectivity index (χ4v) is 7.26. The SMILES string of the molecule is CCCCCCCCCCCC(=O)OCC(COC(=O)CCCCC(CCC)CCCCCC)OC(=O)CCCCC(CCC)CCCCCC. The van der Waals surface area contributed by atoms with Crippen LogP contribution in [0, 0.1) is 11.8 Å². The van der Waals surface area contributed by atoms with Crippen LogP contribution in [0.4, 0.5) is 0 Å². The summed E-state index contributed by atoms with van der Waals surface area (Å²) < 4.78 is 16.9. The molecular formula is C45H86O6. The van der Waals surface area contributed by atoms with E-state index in [0.717, 1.165) is 63.2 Å². The van der Waals surface area contributed by atoms with Gasteiger partial charge in [-0.2, -0.15) is 0 Å². The smallest absolute Gasteiger partial charge is 0.306 e. The number of esters is 3. The Hall–Kier alpha value is -1.59. The average Bonchev–Trinajstić information content (AvgIpc) is 3.12. The van der Waals surface area contributed by atoms with E-state index in [0.29, 0.717) is 19.3 Å². The molecule has 0 heterocycles. The molecule has 6 heteroatoms. The number of carbonyl (C=O) groups excluding carboxylic acids is 3. The molecule has 0 spiro atoms. The zero-order valence-electron chi connectivity index (χ0n) is 34.7. The van der Waals surface area contributed by atoms with Gasteiger partial charge in [-0.25, -0.2) is 0 Å². The van der Waals surface area contributed by atoms with Crippen molar-refractivity contribution in [3.8, 4) is 0 Å². The minimum Gasteiger partial charge on any atom is -0.462 e. The predicted molar refractivity (Wildman–Crippen MR) is 215 cm³/mol. The summed E-state index contributed by atoms with van der Waals surface area (Å²) in [6.07, 6.45) is 34.9. The van der Waals surface area contributed by atoms with E-state index in [4.69, 9.17) is 14.2 Å². The van der Waals surface area contributed by atoms with Crippen molar-refractivity contribution in [1.82, 2.24) is 0 Å². The molecule has 0 aliphatic rings. The highest BCUT2D eigenvalue weighted by Crippen LogP contribution is 2.24. The van der Waals surface area contributed by atoms with Gasteiger partial charge in [0.25, 0.3) is 0 Å². The van der Waals surface area contributed by atoms with E-state index in [2.05, 4.69) is 34.6 Å². The van der Waals surface area contributed by atoms with Crippen LogP contribution in [0.5, 0.6) is 0 Å². The highest BCUT2D eigenvalue weighted by atomic mass is 16.6. The van der Waals surface area contributed by atoms with Gasteiger partial charge >= 0.3 is 17.9 Å². The van der Waals surface area contributed by atoms with E-state index < -0.39 is 6.10 Å². The van der Waals surface area contributed by atoms with Gasteiger partial charge in [-0.05, 0) is 31.1 Å². The summed E-state index contributed by atoms with van der Waals surface area (Å²) >= 11 is 0. The molecule has 3 unspecified atom stereocenters. The van der Waals surface area contributed by atoms with Crippen molar-refractivity contribution in [1.29, 1.82) is 0 Å². The van der Waals surface area contributed by atoms with Crippen molar-refractivity contribution in [3.05, 3.63) is 0 Å². The van der Waals surface area contributed by atoms with E-state index in [1.165, 1.54) is 135 Å². The summed E-state index contributed by atoms with van der Waals surface area (Å²) in [6, 6.07) is 0. The summed E-state index contributed by atoms with van der Waals surface area (Å²) in [5.41, 5.74) is 0. The van der Waals surface area contributed by atoms with Gasteiger partial charge in [0.2, 0.25) is 0 Å². The zero-order chi connectivity index (χ0) is 37.6. The normalized spacial score (nSPS) is 13.1. The standard InChI is InChI=1S/C45H86O6/c1-6-11-14-17-18-19-20-21-24-35-43(46)49-38-42(51-45(48)37-28-26-34-41(30-10-5)32-23-16-13-8-3)39-50-44(47)36-27-25-33-40(29-9-4)31-22-15-12-7-2/h40-42H,6-39H2,1-5H3. The largest absolute Gasteiger partial charge is 0.462 e. The molecule has 302 valence electrons. The van der Waals surface area contributed by atoms with Crippen LogP contribution < -0.4 is 0 Å². The van der Waals surface area contributed by atoms with Gasteiger partial charge in [-0.3, -0.25) is 14.4 Å². The molecule has 0 radical (unpaired) electrons. The Labute approximate surface area is 317 Å². The van der Waals surface area contributed by atoms with Crippen LogP contribution in [-0.4, -0.2) is 37.2 Å². The van der Waals surface area contributed by atoms with Crippen molar-refractivity contribution in [2.75, 3.05) is 13.2 Å². The summed E-state index contributed by atoms with van der Waals surface area (Å²) in [6.45, 7) is 11.1. The Morgan fingerprint density at radius 1 is 0.353 bits per heavy atom. The molecule has 0 saturated carbocycles.